The number of rotatable bonds is 12. The first kappa shape index (κ1) is 35.3. The summed E-state index contributed by atoms with van der Waals surface area (Å²) in [6, 6.07) is 2.98. The van der Waals surface area contributed by atoms with Crippen LogP contribution in [0, 0.1) is 23.7 Å². The molecule has 42 heavy (non-hydrogen) atoms. The molecule has 0 spiro atoms. The van der Waals surface area contributed by atoms with E-state index >= 15 is 0 Å². The number of allylic oxidation sites excluding steroid dienone is 2. The normalized spacial score (nSPS) is 24.2. The number of amides is 1. The molecule has 5 N–H and O–H groups in total. The molecular weight excluding hydrogens is 538 g/mol. The van der Waals surface area contributed by atoms with Crippen molar-refractivity contribution in [3.05, 3.63) is 47.6 Å². The minimum Gasteiger partial charge on any atom is -0.507 e. The molecule has 1 aliphatic rings. The number of carbonyl (C=O) groups excluding carboxylic acids is 2. The predicted molar refractivity (Wildman–Crippen MR) is 162 cm³/mol. The molecule has 0 bridgehead atoms. The summed E-state index contributed by atoms with van der Waals surface area (Å²) in [6.07, 6.45) is 7.82. The molecule has 2 rings (SSSR count). The highest BCUT2D eigenvalue weighted by molar-refractivity contribution is 5.94. The molecule has 8 unspecified atom stereocenters. The van der Waals surface area contributed by atoms with Crippen molar-refractivity contribution in [1.29, 1.82) is 0 Å². The molecule has 0 aliphatic carbocycles. The van der Waals surface area contributed by atoms with E-state index in [2.05, 4.69) is 5.32 Å². The fourth-order valence-electron chi connectivity index (χ4n) is 5.18. The van der Waals surface area contributed by atoms with Crippen molar-refractivity contribution in [2.24, 2.45) is 23.7 Å². The lowest BCUT2D eigenvalue weighted by atomic mass is 9.85. The number of carbonyl (C=O) groups is 2. The maximum Gasteiger partial charge on any atom is 0.342 e. The highest BCUT2D eigenvalue weighted by Crippen LogP contribution is 2.33. The number of phenols is 1. The van der Waals surface area contributed by atoms with Gasteiger partial charge in [-0.3, -0.25) is 4.79 Å². The molecular formula is C33H51NO8. The van der Waals surface area contributed by atoms with Crippen molar-refractivity contribution < 1.29 is 39.5 Å². The molecule has 1 amide bonds. The lowest BCUT2D eigenvalue weighted by Crippen LogP contribution is -2.37. The lowest BCUT2D eigenvalue weighted by molar-refractivity contribution is -0.127. The number of hydrogen-bond acceptors (Lipinski definition) is 8. The summed E-state index contributed by atoms with van der Waals surface area (Å²) in [5, 5.41) is 45.5. The number of fused-ring (bicyclic) bond motifs is 1. The van der Waals surface area contributed by atoms with Crippen molar-refractivity contribution in [3.8, 4) is 11.5 Å². The van der Waals surface area contributed by atoms with E-state index in [1.54, 1.807) is 13.0 Å². The van der Waals surface area contributed by atoms with E-state index in [1.165, 1.54) is 13.2 Å². The van der Waals surface area contributed by atoms with Gasteiger partial charge >= 0.3 is 5.97 Å². The maximum absolute atomic E-state index is 13.4. The average molecular weight is 590 g/mol. The largest absolute Gasteiger partial charge is 0.507 e. The number of methoxy groups -OCH3 is 1. The van der Waals surface area contributed by atoms with Crippen molar-refractivity contribution in [2.45, 2.75) is 97.6 Å². The third kappa shape index (κ3) is 10.1. The third-order valence-electron chi connectivity index (χ3n) is 8.35. The SMILES string of the molecule is CCCC(O)C(C)C(=O)NC/C=C\CC(C)C(O)C(C)C1C/C=C\CC(C)C(O)Cc2cc(OC)cc(O)c2C(=O)O1. The number of cyclic esters (lactones) is 1. The molecule has 9 nitrogen and oxygen atoms in total. The van der Waals surface area contributed by atoms with Crippen LogP contribution in [0.1, 0.15) is 82.6 Å². The summed E-state index contributed by atoms with van der Waals surface area (Å²) in [6.45, 7) is 9.68. The van der Waals surface area contributed by atoms with Crippen LogP contribution in [0.2, 0.25) is 0 Å². The van der Waals surface area contributed by atoms with E-state index < -0.39 is 42.2 Å². The molecule has 1 heterocycles. The van der Waals surface area contributed by atoms with Crippen LogP contribution in [0.15, 0.2) is 36.4 Å². The van der Waals surface area contributed by atoms with E-state index in [-0.39, 0.29) is 35.5 Å². The number of benzene rings is 1. The van der Waals surface area contributed by atoms with E-state index in [1.807, 2.05) is 52.0 Å². The molecule has 1 aliphatic heterocycles. The minimum absolute atomic E-state index is 0.00662. The summed E-state index contributed by atoms with van der Waals surface area (Å²) in [7, 11) is 1.46. The monoisotopic (exact) mass is 589 g/mol. The molecule has 236 valence electrons. The lowest BCUT2D eigenvalue weighted by Gasteiger charge is -2.31. The smallest absolute Gasteiger partial charge is 0.342 e. The van der Waals surface area contributed by atoms with Gasteiger partial charge in [0.15, 0.2) is 0 Å². The molecule has 1 aromatic rings. The van der Waals surface area contributed by atoms with Gasteiger partial charge in [0.25, 0.3) is 0 Å². The zero-order valence-corrected chi connectivity index (χ0v) is 26.0. The van der Waals surface area contributed by atoms with Gasteiger partial charge in [-0.05, 0) is 49.1 Å². The average Bonchev–Trinajstić information content (AvgIpc) is 2.95. The van der Waals surface area contributed by atoms with Crippen LogP contribution in [-0.2, 0) is 16.0 Å². The molecule has 1 aromatic carbocycles. The first-order chi connectivity index (χ1) is 19.9. The standard InChI is InChI=1S/C33H51NO8/c1-7-12-26(35)22(4)32(39)34-16-11-10-14-21(3)31(38)23(5)29-15-9-8-13-20(2)27(36)18-24-17-25(41-6)19-28(37)30(24)33(40)42-29/h8-11,17,19-23,26-27,29,31,35-38H,7,12-16,18H2,1-6H3,(H,34,39)/b9-8-,11-10-. The summed E-state index contributed by atoms with van der Waals surface area (Å²) in [4.78, 5) is 25.6. The molecule has 0 saturated carbocycles. The van der Waals surface area contributed by atoms with Gasteiger partial charge in [-0.25, -0.2) is 4.79 Å². The van der Waals surface area contributed by atoms with Crippen LogP contribution in [0.3, 0.4) is 0 Å². The molecule has 0 radical (unpaired) electrons. The van der Waals surface area contributed by atoms with Gasteiger partial charge in [0.05, 0.1) is 31.3 Å². The second-order valence-electron chi connectivity index (χ2n) is 11.7. The number of aliphatic hydroxyl groups excluding tert-OH is 3. The molecule has 8 atom stereocenters. The first-order valence-electron chi connectivity index (χ1n) is 15.1. The number of esters is 1. The van der Waals surface area contributed by atoms with Gasteiger partial charge in [0.1, 0.15) is 23.2 Å². The van der Waals surface area contributed by atoms with Gasteiger partial charge in [-0.2, -0.15) is 0 Å². The predicted octanol–water partition coefficient (Wildman–Crippen LogP) is 4.31. The van der Waals surface area contributed by atoms with Crippen LogP contribution < -0.4 is 10.1 Å². The van der Waals surface area contributed by atoms with E-state index in [9.17, 15) is 30.0 Å². The molecule has 0 aromatic heterocycles. The fourth-order valence-corrected chi connectivity index (χ4v) is 5.18. The van der Waals surface area contributed by atoms with Gasteiger partial charge in [0.2, 0.25) is 5.91 Å². The Balaban J connectivity index is 2.10. The highest BCUT2D eigenvalue weighted by Gasteiger charge is 2.32. The number of hydrogen-bond donors (Lipinski definition) is 5. The Kier molecular flexibility index (Phi) is 14.5. The summed E-state index contributed by atoms with van der Waals surface area (Å²) in [5.74, 6) is -1.98. The van der Waals surface area contributed by atoms with Crippen molar-refractivity contribution in [1.82, 2.24) is 5.32 Å². The van der Waals surface area contributed by atoms with Crippen molar-refractivity contribution in [2.75, 3.05) is 13.7 Å². The summed E-state index contributed by atoms with van der Waals surface area (Å²) < 4.78 is 11.2. The zero-order valence-electron chi connectivity index (χ0n) is 26.0. The van der Waals surface area contributed by atoms with Crippen LogP contribution >= 0.6 is 0 Å². The quantitative estimate of drug-likeness (QED) is 0.179. The van der Waals surface area contributed by atoms with Crippen LogP contribution in [-0.4, -0.2) is 70.4 Å². The number of nitrogens with one attached hydrogen (secondary N) is 1. The highest BCUT2D eigenvalue weighted by atomic mass is 16.5. The van der Waals surface area contributed by atoms with Gasteiger partial charge in [0, 0.05) is 24.9 Å². The fraction of sp³-hybridized carbons (Fsp3) is 0.636. The Morgan fingerprint density at radius 1 is 1.17 bits per heavy atom. The van der Waals surface area contributed by atoms with Crippen molar-refractivity contribution >= 4 is 11.9 Å². The van der Waals surface area contributed by atoms with E-state index in [0.29, 0.717) is 43.5 Å². The zero-order chi connectivity index (χ0) is 31.4. The number of aliphatic hydroxyl groups is 3. The van der Waals surface area contributed by atoms with Gasteiger partial charge in [-0.1, -0.05) is 65.3 Å². The Labute approximate surface area is 250 Å². The van der Waals surface area contributed by atoms with Crippen LogP contribution in [0.4, 0.5) is 0 Å². The van der Waals surface area contributed by atoms with Crippen molar-refractivity contribution in [3.63, 3.8) is 0 Å². The molecule has 0 fully saturated rings. The number of aromatic hydroxyl groups is 1. The maximum atomic E-state index is 13.4. The Hall–Kier alpha value is -2.88. The van der Waals surface area contributed by atoms with Crippen LogP contribution in [0.25, 0.3) is 0 Å². The second kappa shape index (κ2) is 17.3. The topological polar surface area (TPSA) is 146 Å². The minimum atomic E-state index is -0.794. The third-order valence-corrected chi connectivity index (χ3v) is 8.35. The van der Waals surface area contributed by atoms with Gasteiger partial charge in [-0.15, -0.1) is 0 Å². The summed E-state index contributed by atoms with van der Waals surface area (Å²) >= 11 is 0. The number of ether oxygens (including phenoxy) is 2. The van der Waals surface area contributed by atoms with E-state index in [4.69, 9.17) is 9.47 Å². The number of phenolic OH excluding ortho intramolecular Hbond substituents is 1. The van der Waals surface area contributed by atoms with Gasteiger partial charge < -0.3 is 35.2 Å². The first-order valence-corrected chi connectivity index (χ1v) is 15.1. The Bertz CT molecular complexity index is 1070. The van der Waals surface area contributed by atoms with Crippen LogP contribution in [0.5, 0.6) is 11.5 Å². The second-order valence-corrected chi connectivity index (χ2v) is 11.7. The Morgan fingerprint density at radius 3 is 2.52 bits per heavy atom. The molecule has 9 heteroatoms. The van der Waals surface area contributed by atoms with E-state index in [0.717, 1.165) is 6.42 Å². The molecule has 0 saturated heterocycles. The Morgan fingerprint density at radius 2 is 1.86 bits per heavy atom. The summed E-state index contributed by atoms with van der Waals surface area (Å²) in [5.41, 5.74) is 0.431.